The van der Waals surface area contributed by atoms with Crippen molar-refractivity contribution in [1.82, 2.24) is 10.2 Å². The van der Waals surface area contributed by atoms with Crippen molar-refractivity contribution in [1.29, 1.82) is 0 Å². The van der Waals surface area contributed by atoms with E-state index in [1.54, 1.807) is 30.1 Å². The zero-order valence-corrected chi connectivity index (χ0v) is 16.1. The number of hydrogen-bond donors (Lipinski definition) is 1. The van der Waals surface area contributed by atoms with E-state index in [9.17, 15) is 14.9 Å². The minimum Gasteiger partial charge on any atom is -0.494 e. The molecule has 28 heavy (non-hydrogen) atoms. The first kappa shape index (κ1) is 21.2. The van der Waals surface area contributed by atoms with E-state index < -0.39 is 4.92 Å². The van der Waals surface area contributed by atoms with Crippen LogP contribution in [-0.2, 0) is 11.3 Å². The molecule has 2 aromatic carbocycles. The second-order valence-electron chi connectivity index (χ2n) is 6.16. The Morgan fingerprint density at radius 2 is 1.75 bits per heavy atom. The predicted molar refractivity (Wildman–Crippen MR) is 106 cm³/mol. The highest BCUT2D eigenvalue weighted by Gasteiger charge is 2.15. The lowest BCUT2D eigenvalue weighted by Crippen LogP contribution is -2.36. The Balaban J connectivity index is 1.70. The van der Waals surface area contributed by atoms with E-state index in [0.29, 0.717) is 37.6 Å². The molecule has 150 valence electrons. The fourth-order valence-corrected chi connectivity index (χ4v) is 2.63. The summed E-state index contributed by atoms with van der Waals surface area (Å²) in [6.45, 7) is 3.69. The number of para-hydroxylation sites is 1. The molecule has 2 rings (SSSR count). The maximum atomic E-state index is 12.0. The van der Waals surface area contributed by atoms with Gasteiger partial charge in [-0.15, -0.1) is 0 Å². The van der Waals surface area contributed by atoms with E-state index >= 15 is 0 Å². The second-order valence-corrected chi connectivity index (χ2v) is 6.16. The van der Waals surface area contributed by atoms with Crippen molar-refractivity contribution >= 4 is 11.6 Å². The molecule has 2 aromatic rings. The van der Waals surface area contributed by atoms with Gasteiger partial charge in [-0.25, -0.2) is 0 Å². The molecule has 0 aliphatic rings. The summed E-state index contributed by atoms with van der Waals surface area (Å²) < 4.78 is 10.9. The molecule has 0 aromatic heterocycles. The molecule has 0 spiro atoms. The van der Waals surface area contributed by atoms with Crippen LogP contribution in [0.25, 0.3) is 0 Å². The number of rotatable bonds is 11. The molecule has 1 amide bonds. The van der Waals surface area contributed by atoms with Gasteiger partial charge < -0.3 is 14.8 Å². The van der Waals surface area contributed by atoms with E-state index in [0.717, 1.165) is 5.75 Å². The van der Waals surface area contributed by atoms with E-state index in [-0.39, 0.29) is 18.1 Å². The third-order valence-corrected chi connectivity index (χ3v) is 3.87. The third kappa shape index (κ3) is 6.88. The van der Waals surface area contributed by atoms with Gasteiger partial charge >= 0.3 is 0 Å². The van der Waals surface area contributed by atoms with Crippen LogP contribution >= 0.6 is 0 Å². The zero-order valence-electron chi connectivity index (χ0n) is 16.1. The molecular formula is C20H25N3O5. The normalized spacial score (nSPS) is 10.5. The highest BCUT2D eigenvalue weighted by molar-refractivity contribution is 5.77. The molecule has 0 aliphatic heterocycles. The van der Waals surface area contributed by atoms with Gasteiger partial charge in [-0.1, -0.05) is 18.2 Å². The molecule has 0 heterocycles. The molecule has 8 nitrogen and oxygen atoms in total. The van der Waals surface area contributed by atoms with Gasteiger partial charge in [0.25, 0.3) is 5.69 Å². The van der Waals surface area contributed by atoms with Crippen LogP contribution in [0.3, 0.4) is 0 Å². The fraction of sp³-hybridized carbons (Fsp3) is 0.350. The summed E-state index contributed by atoms with van der Waals surface area (Å²) in [7, 11) is 1.74. The summed E-state index contributed by atoms with van der Waals surface area (Å²) in [5.41, 5.74) is 0.625. The number of carbonyl (C=O) groups excluding carboxylic acids is 1. The van der Waals surface area contributed by atoms with Crippen LogP contribution in [0.5, 0.6) is 11.5 Å². The zero-order chi connectivity index (χ0) is 20.4. The van der Waals surface area contributed by atoms with Crippen molar-refractivity contribution < 1.29 is 19.2 Å². The van der Waals surface area contributed by atoms with Crippen molar-refractivity contribution in [2.45, 2.75) is 13.5 Å². The maximum absolute atomic E-state index is 12.0. The summed E-state index contributed by atoms with van der Waals surface area (Å²) in [5, 5.41) is 13.8. The van der Waals surface area contributed by atoms with Crippen LogP contribution in [0.2, 0.25) is 0 Å². The number of nitrogens with zero attached hydrogens (tertiary/aromatic N) is 2. The monoisotopic (exact) mass is 387 g/mol. The Hall–Kier alpha value is -3.13. The first-order valence-electron chi connectivity index (χ1n) is 9.02. The van der Waals surface area contributed by atoms with Crippen molar-refractivity contribution in [3.8, 4) is 11.5 Å². The van der Waals surface area contributed by atoms with Crippen molar-refractivity contribution in [3.05, 3.63) is 64.2 Å². The quantitative estimate of drug-likeness (QED) is 0.362. The number of likely N-dealkylation sites (N-methyl/N-ethyl adjacent to an activating group) is 1. The van der Waals surface area contributed by atoms with E-state index in [1.807, 2.05) is 31.2 Å². The van der Waals surface area contributed by atoms with Crippen LogP contribution < -0.4 is 14.8 Å². The predicted octanol–water partition coefficient (Wildman–Crippen LogP) is 2.62. The Bertz CT molecular complexity index is 780. The highest BCUT2D eigenvalue weighted by Crippen LogP contribution is 2.19. The number of carbonyl (C=O) groups is 1. The molecule has 0 bridgehead atoms. The number of nitro groups is 1. The van der Waals surface area contributed by atoms with Gasteiger partial charge in [0.05, 0.1) is 24.6 Å². The van der Waals surface area contributed by atoms with E-state index in [4.69, 9.17) is 9.47 Å². The van der Waals surface area contributed by atoms with E-state index in [2.05, 4.69) is 5.32 Å². The van der Waals surface area contributed by atoms with Crippen molar-refractivity contribution in [3.63, 3.8) is 0 Å². The van der Waals surface area contributed by atoms with Crippen LogP contribution in [0.4, 0.5) is 5.69 Å². The van der Waals surface area contributed by atoms with Crippen molar-refractivity contribution in [2.75, 3.05) is 33.4 Å². The first-order chi connectivity index (χ1) is 13.5. The van der Waals surface area contributed by atoms with Gasteiger partial charge in [-0.2, -0.15) is 0 Å². The Morgan fingerprint density at radius 1 is 1.11 bits per heavy atom. The molecule has 0 aliphatic carbocycles. The lowest BCUT2D eigenvalue weighted by molar-refractivity contribution is -0.385. The maximum Gasteiger partial charge on any atom is 0.273 e. The summed E-state index contributed by atoms with van der Waals surface area (Å²) in [4.78, 5) is 24.4. The van der Waals surface area contributed by atoms with Crippen LogP contribution in [0.1, 0.15) is 12.5 Å². The molecular weight excluding hydrogens is 362 g/mol. The summed E-state index contributed by atoms with van der Waals surface area (Å²) in [5.74, 6) is 1.31. The number of nitrogens with one attached hydrogen (secondary N) is 1. The third-order valence-electron chi connectivity index (χ3n) is 3.87. The molecule has 0 unspecified atom stereocenters. The van der Waals surface area contributed by atoms with E-state index in [1.165, 1.54) is 6.07 Å². The standard InChI is InChI=1S/C20H25N3O5/c1-3-27-17-8-10-18(11-9-17)28-13-12-21-20(24)15-22(2)14-16-6-4-5-7-19(16)23(25)26/h4-11H,3,12-15H2,1-2H3,(H,21,24). The summed E-state index contributed by atoms with van der Waals surface area (Å²) in [6, 6.07) is 13.8. The number of nitro benzene ring substituents is 1. The molecule has 0 atom stereocenters. The van der Waals surface area contributed by atoms with Crippen LogP contribution in [-0.4, -0.2) is 49.1 Å². The summed E-state index contributed by atoms with van der Waals surface area (Å²) in [6.07, 6.45) is 0. The smallest absolute Gasteiger partial charge is 0.273 e. The Morgan fingerprint density at radius 3 is 2.39 bits per heavy atom. The van der Waals surface area contributed by atoms with Gasteiger partial charge in [-0.3, -0.25) is 19.8 Å². The summed E-state index contributed by atoms with van der Waals surface area (Å²) >= 11 is 0. The van der Waals surface area contributed by atoms with Gasteiger partial charge in [0.15, 0.2) is 0 Å². The Labute approximate surface area is 164 Å². The number of amides is 1. The van der Waals surface area contributed by atoms with Gasteiger partial charge in [0.1, 0.15) is 18.1 Å². The van der Waals surface area contributed by atoms with Crippen molar-refractivity contribution in [2.24, 2.45) is 0 Å². The largest absolute Gasteiger partial charge is 0.494 e. The van der Waals surface area contributed by atoms with Gasteiger partial charge in [0, 0.05) is 18.2 Å². The first-order valence-corrected chi connectivity index (χ1v) is 9.02. The van der Waals surface area contributed by atoms with Gasteiger partial charge in [0.2, 0.25) is 5.91 Å². The van der Waals surface area contributed by atoms with Crippen LogP contribution in [0, 0.1) is 10.1 Å². The average Bonchev–Trinajstić information content (AvgIpc) is 2.67. The number of benzene rings is 2. The van der Waals surface area contributed by atoms with Gasteiger partial charge in [-0.05, 0) is 38.2 Å². The highest BCUT2D eigenvalue weighted by atomic mass is 16.6. The second kappa shape index (κ2) is 10.9. The minimum absolute atomic E-state index is 0.0542. The molecule has 8 heteroatoms. The molecule has 0 saturated carbocycles. The van der Waals surface area contributed by atoms with Crippen LogP contribution in [0.15, 0.2) is 48.5 Å². The molecule has 0 radical (unpaired) electrons. The SMILES string of the molecule is CCOc1ccc(OCCNC(=O)CN(C)Cc2ccccc2[N+](=O)[O-])cc1. The minimum atomic E-state index is -0.415. The molecule has 0 fully saturated rings. The molecule has 1 N–H and O–H groups in total. The molecule has 0 saturated heterocycles. The Kier molecular flexibility index (Phi) is 8.23. The topological polar surface area (TPSA) is 93.9 Å². The number of ether oxygens (including phenoxy) is 2. The average molecular weight is 387 g/mol. The lowest BCUT2D eigenvalue weighted by Gasteiger charge is -2.16. The lowest BCUT2D eigenvalue weighted by atomic mass is 10.1. The fourth-order valence-electron chi connectivity index (χ4n) is 2.63. The number of hydrogen-bond acceptors (Lipinski definition) is 6.